The van der Waals surface area contributed by atoms with Crippen LogP contribution in [0.15, 0.2) is 34.9 Å². The zero-order valence-electron chi connectivity index (χ0n) is 10.2. The van der Waals surface area contributed by atoms with E-state index in [1.807, 2.05) is 17.0 Å². The molecule has 0 unspecified atom stereocenters. The molecule has 1 aromatic heterocycles. The minimum Gasteiger partial charge on any atom is -0.431 e. The van der Waals surface area contributed by atoms with Crippen LogP contribution in [0.2, 0.25) is 0 Å². The van der Waals surface area contributed by atoms with Gasteiger partial charge in [0.25, 0.3) is 0 Å². The lowest BCUT2D eigenvalue weighted by molar-refractivity contribution is 0.553. The highest BCUT2D eigenvalue weighted by Crippen LogP contribution is 2.27. The maximum Gasteiger partial charge on any atom is 0.302 e. The molecular formula is C13H17N3O. The van der Waals surface area contributed by atoms with Gasteiger partial charge in [-0.2, -0.15) is 4.98 Å². The molecule has 90 valence electrons. The van der Waals surface area contributed by atoms with Gasteiger partial charge in [0, 0.05) is 18.8 Å². The maximum absolute atomic E-state index is 5.53. The molecule has 2 N–H and O–H groups in total. The van der Waals surface area contributed by atoms with Crippen molar-refractivity contribution in [3.05, 3.63) is 41.8 Å². The molecule has 0 radical (unpaired) electrons. The summed E-state index contributed by atoms with van der Waals surface area (Å²) < 4.78 is 5.45. The van der Waals surface area contributed by atoms with Gasteiger partial charge in [-0.1, -0.05) is 18.2 Å². The number of oxazole rings is 1. The lowest BCUT2D eigenvalue weighted by Gasteiger charge is -2.20. The number of aromatic nitrogens is 1. The summed E-state index contributed by atoms with van der Waals surface area (Å²) in [6.45, 7) is 5.34. The van der Waals surface area contributed by atoms with Crippen LogP contribution in [0.1, 0.15) is 18.2 Å². The van der Waals surface area contributed by atoms with Crippen molar-refractivity contribution in [1.82, 2.24) is 4.98 Å². The molecule has 0 aliphatic carbocycles. The third kappa shape index (κ3) is 2.31. The third-order valence-electron chi connectivity index (χ3n) is 2.70. The van der Waals surface area contributed by atoms with E-state index in [1.165, 1.54) is 5.56 Å². The smallest absolute Gasteiger partial charge is 0.302 e. The molecule has 2 rings (SSSR count). The number of benzene rings is 1. The number of aryl methyl sites for hydroxylation is 1. The SMILES string of the molecule is CCN(c1nc(CN)co1)c1ccccc1C. The Morgan fingerprint density at radius 2 is 2.12 bits per heavy atom. The van der Waals surface area contributed by atoms with Crippen LogP contribution in [0.5, 0.6) is 0 Å². The molecule has 0 saturated heterocycles. The summed E-state index contributed by atoms with van der Waals surface area (Å²) in [5.74, 6) is 0. The molecule has 0 aliphatic heterocycles. The Hall–Kier alpha value is -1.81. The minimum atomic E-state index is 0.398. The third-order valence-corrected chi connectivity index (χ3v) is 2.70. The van der Waals surface area contributed by atoms with E-state index >= 15 is 0 Å². The van der Waals surface area contributed by atoms with E-state index in [-0.39, 0.29) is 0 Å². The zero-order valence-corrected chi connectivity index (χ0v) is 10.2. The van der Waals surface area contributed by atoms with Gasteiger partial charge in [-0.05, 0) is 25.5 Å². The van der Waals surface area contributed by atoms with E-state index < -0.39 is 0 Å². The van der Waals surface area contributed by atoms with Crippen molar-refractivity contribution in [3.8, 4) is 0 Å². The maximum atomic E-state index is 5.53. The summed E-state index contributed by atoms with van der Waals surface area (Å²) in [5, 5.41) is 0. The van der Waals surface area contributed by atoms with Gasteiger partial charge in [0.15, 0.2) is 0 Å². The Labute approximate surface area is 101 Å². The first-order chi connectivity index (χ1) is 8.26. The predicted molar refractivity (Wildman–Crippen MR) is 68.3 cm³/mol. The fourth-order valence-electron chi connectivity index (χ4n) is 1.79. The summed E-state index contributed by atoms with van der Waals surface area (Å²) in [6, 6.07) is 8.77. The number of hydrogen-bond acceptors (Lipinski definition) is 4. The molecule has 1 aromatic carbocycles. The van der Waals surface area contributed by atoms with Gasteiger partial charge in [-0.25, -0.2) is 0 Å². The van der Waals surface area contributed by atoms with Crippen molar-refractivity contribution in [2.24, 2.45) is 5.73 Å². The Bertz CT molecular complexity index is 493. The van der Waals surface area contributed by atoms with Gasteiger partial charge in [0.2, 0.25) is 0 Å². The minimum absolute atomic E-state index is 0.398. The summed E-state index contributed by atoms with van der Waals surface area (Å²) in [6.07, 6.45) is 1.61. The lowest BCUT2D eigenvalue weighted by Crippen LogP contribution is -2.17. The fourth-order valence-corrected chi connectivity index (χ4v) is 1.79. The molecule has 1 heterocycles. The molecule has 0 spiro atoms. The number of nitrogens with zero attached hydrogens (tertiary/aromatic N) is 2. The summed E-state index contributed by atoms with van der Waals surface area (Å²) in [5.41, 5.74) is 8.61. The first-order valence-corrected chi connectivity index (χ1v) is 5.74. The highest BCUT2D eigenvalue weighted by Gasteiger charge is 2.14. The van der Waals surface area contributed by atoms with Gasteiger partial charge in [-0.3, -0.25) is 4.90 Å². The van der Waals surface area contributed by atoms with Crippen LogP contribution in [0.4, 0.5) is 11.7 Å². The quantitative estimate of drug-likeness (QED) is 0.878. The standard InChI is InChI=1S/C13H17N3O/c1-3-16(12-7-5-4-6-10(12)2)13-15-11(8-14)9-17-13/h4-7,9H,3,8,14H2,1-2H3. The van der Waals surface area contributed by atoms with E-state index in [9.17, 15) is 0 Å². The average molecular weight is 231 g/mol. The van der Waals surface area contributed by atoms with Crippen LogP contribution in [0, 0.1) is 6.92 Å². The molecule has 4 nitrogen and oxygen atoms in total. The van der Waals surface area contributed by atoms with Crippen LogP contribution in [0.3, 0.4) is 0 Å². The molecule has 2 aromatic rings. The van der Waals surface area contributed by atoms with Crippen molar-refractivity contribution in [2.75, 3.05) is 11.4 Å². The van der Waals surface area contributed by atoms with Crippen molar-refractivity contribution < 1.29 is 4.42 Å². The summed E-state index contributed by atoms with van der Waals surface area (Å²) >= 11 is 0. The molecule has 0 aliphatic rings. The van der Waals surface area contributed by atoms with Crippen LogP contribution < -0.4 is 10.6 Å². The number of para-hydroxylation sites is 1. The van der Waals surface area contributed by atoms with E-state index in [2.05, 4.69) is 31.0 Å². The van der Waals surface area contributed by atoms with Crippen LogP contribution in [0.25, 0.3) is 0 Å². The van der Waals surface area contributed by atoms with Gasteiger partial charge < -0.3 is 10.2 Å². The molecule has 0 saturated carbocycles. The van der Waals surface area contributed by atoms with Crippen molar-refractivity contribution in [1.29, 1.82) is 0 Å². The molecule has 0 atom stereocenters. The number of nitrogens with two attached hydrogens (primary N) is 1. The second-order valence-electron chi connectivity index (χ2n) is 3.86. The molecule has 0 fully saturated rings. The first kappa shape index (κ1) is 11.7. The molecule has 0 amide bonds. The Balaban J connectivity index is 2.36. The topological polar surface area (TPSA) is 55.3 Å². The first-order valence-electron chi connectivity index (χ1n) is 5.74. The van der Waals surface area contributed by atoms with Crippen molar-refractivity contribution >= 4 is 11.7 Å². The molecule has 4 heteroatoms. The van der Waals surface area contributed by atoms with E-state index in [1.54, 1.807) is 6.26 Å². The van der Waals surface area contributed by atoms with Gasteiger partial charge >= 0.3 is 6.01 Å². The van der Waals surface area contributed by atoms with Gasteiger partial charge in [0.05, 0.1) is 5.69 Å². The van der Waals surface area contributed by atoms with E-state index in [0.29, 0.717) is 12.6 Å². The second-order valence-corrected chi connectivity index (χ2v) is 3.86. The normalized spacial score (nSPS) is 10.5. The largest absolute Gasteiger partial charge is 0.431 e. The predicted octanol–water partition coefficient (Wildman–Crippen LogP) is 2.60. The summed E-state index contributed by atoms with van der Waals surface area (Å²) in [7, 11) is 0. The van der Waals surface area contributed by atoms with Crippen molar-refractivity contribution in [2.45, 2.75) is 20.4 Å². The highest BCUT2D eigenvalue weighted by atomic mass is 16.4. The van der Waals surface area contributed by atoms with Gasteiger partial charge in [0.1, 0.15) is 6.26 Å². The Morgan fingerprint density at radius 1 is 1.35 bits per heavy atom. The molecule has 0 bridgehead atoms. The monoisotopic (exact) mass is 231 g/mol. The van der Waals surface area contributed by atoms with Crippen LogP contribution in [-0.4, -0.2) is 11.5 Å². The van der Waals surface area contributed by atoms with E-state index in [0.717, 1.165) is 17.9 Å². The second kappa shape index (κ2) is 5.01. The van der Waals surface area contributed by atoms with E-state index in [4.69, 9.17) is 10.2 Å². The number of hydrogen-bond donors (Lipinski definition) is 1. The number of rotatable bonds is 4. The molecular weight excluding hydrogens is 214 g/mol. The van der Waals surface area contributed by atoms with Gasteiger partial charge in [-0.15, -0.1) is 0 Å². The van der Waals surface area contributed by atoms with Crippen molar-refractivity contribution in [3.63, 3.8) is 0 Å². The zero-order chi connectivity index (χ0) is 12.3. The highest BCUT2D eigenvalue weighted by molar-refractivity contribution is 5.60. The van der Waals surface area contributed by atoms with Crippen LogP contribution >= 0.6 is 0 Å². The Kier molecular flexibility index (Phi) is 3.44. The van der Waals surface area contributed by atoms with Crippen LogP contribution in [-0.2, 0) is 6.54 Å². The summed E-state index contributed by atoms with van der Waals surface area (Å²) in [4.78, 5) is 6.39. The lowest BCUT2D eigenvalue weighted by atomic mass is 10.2. The fraction of sp³-hybridized carbons (Fsp3) is 0.308. The number of anilines is 2. The average Bonchev–Trinajstić information content (AvgIpc) is 2.81. The Morgan fingerprint density at radius 3 is 2.71 bits per heavy atom. The molecule has 17 heavy (non-hydrogen) atoms.